The smallest absolute Gasteiger partial charge is 0.176 e. The van der Waals surface area contributed by atoms with Gasteiger partial charge in [-0.25, -0.2) is 0 Å². The Kier molecular flexibility index (Phi) is 4.58. The molecule has 1 aromatic heterocycles. The molecule has 0 bridgehead atoms. The SMILES string of the molecule is N#CSCOn1nc(Br)c(Br)c1Br. The van der Waals surface area contributed by atoms with Crippen LogP contribution in [0.4, 0.5) is 0 Å². The van der Waals surface area contributed by atoms with Crippen LogP contribution in [-0.2, 0) is 0 Å². The fraction of sp³-hybridized carbons (Fsp3) is 0.200. The molecular formula is C5H2Br3N3OS. The minimum absolute atomic E-state index is 0.232. The van der Waals surface area contributed by atoms with Crippen molar-refractivity contribution in [3.05, 3.63) is 13.7 Å². The molecule has 0 aliphatic rings. The number of nitrogens with zero attached hydrogens (tertiary/aromatic N) is 3. The zero-order valence-electron chi connectivity index (χ0n) is 6.00. The van der Waals surface area contributed by atoms with Gasteiger partial charge >= 0.3 is 0 Å². The van der Waals surface area contributed by atoms with E-state index in [0.29, 0.717) is 9.21 Å². The number of thiocyanates is 1. The van der Waals surface area contributed by atoms with Crippen LogP contribution in [0.2, 0.25) is 0 Å². The summed E-state index contributed by atoms with van der Waals surface area (Å²) in [5.41, 5.74) is 0. The third-order valence-corrected chi connectivity index (χ3v) is 4.43. The minimum atomic E-state index is 0.232. The van der Waals surface area contributed by atoms with Crippen molar-refractivity contribution in [1.82, 2.24) is 9.94 Å². The van der Waals surface area contributed by atoms with E-state index in [-0.39, 0.29) is 5.94 Å². The van der Waals surface area contributed by atoms with Crippen molar-refractivity contribution in [1.29, 1.82) is 5.26 Å². The normalized spacial score (nSPS) is 9.69. The molecule has 0 aromatic carbocycles. The number of hydrogen-bond acceptors (Lipinski definition) is 4. The Morgan fingerprint density at radius 3 is 2.69 bits per heavy atom. The fourth-order valence-corrected chi connectivity index (χ4v) is 1.93. The summed E-state index contributed by atoms with van der Waals surface area (Å²) in [7, 11) is 0. The van der Waals surface area contributed by atoms with Crippen LogP contribution in [0.5, 0.6) is 0 Å². The highest BCUT2D eigenvalue weighted by molar-refractivity contribution is 9.14. The zero-order valence-corrected chi connectivity index (χ0v) is 11.6. The molecule has 0 atom stereocenters. The van der Waals surface area contributed by atoms with Crippen molar-refractivity contribution in [2.75, 3.05) is 5.94 Å². The number of nitriles is 1. The van der Waals surface area contributed by atoms with Gasteiger partial charge in [-0.2, -0.15) is 5.26 Å². The van der Waals surface area contributed by atoms with Gasteiger partial charge in [-0.1, -0.05) is 4.85 Å². The second-order valence-corrected chi connectivity index (χ2v) is 4.75. The van der Waals surface area contributed by atoms with E-state index in [9.17, 15) is 0 Å². The molecule has 0 aliphatic carbocycles. The van der Waals surface area contributed by atoms with Crippen LogP contribution in [-0.4, -0.2) is 15.9 Å². The summed E-state index contributed by atoms with van der Waals surface area (Å²) in [5, 5.41) is 14.1. The molecule has 8 heteroatoms. The van der Waals surface area contributed by atoms with Crippen molar-refractivity contribution >= 4 is 59.6 Å². The molecule has 70 valence electrons. The van der Waals surface area contributed by atoms with Crippen molar-refractivity contribution in [3.63, 3.8) is 0 Å². The van der Waals surface area contributed by atoms with E-state index in [2.05, 4.69) is 52.9 Å². The highest BCUT2D eigenvalue weighted by Gasteiger charge is 2.11. The Morgan fingerprint density at radius 1 is 1.54 bits per heavy atom. The summed E-state index contributed by atoms with van der Waals surface area (Å²) in [6.45, 7) is 0. The van der Waals surface area contributed by atoms with Crippen molar-refractivity contribution in [2.24, 2.45) is 0 Å². The molecule has 0 spiro atoms. The summed E-state index contributed by atoms with van der Waals surface area (Å²) in [6, 6.07) is 0. The standard InChI is InChI=1S/C5H2Br3N3OS/c6-3-4(7)10-11(5(3)8)12-2-13-1-9/h2H2. The van der Waals surface area contributed by atoms with Crippen LogP contribution in [0.3, 0.4) is 0 Å². The lowest BCUT2D eigenvalue weighted by Crippen LogP contribution is -2.12. The van der Waals surface area contributed by atoms with E-state index in [1.165, 1.54) is 4.85 Å². The summed E-state index contributed by atoms with van der Waals surface area (Å²) < 4.78 is 2.08. The second-order valence-electron chi connectivity index (χ2n) is 1.75. The van der Waals surface area contributed by atoms with Gasteiger partial charge in [-0.3, -0.25) is 0 Å². The first-order valence-electron chi connectivity index (χ1n) is 2.90. The van der Waals surface area contributed by atoms with Crippen molar-refractivity contribution in [2.45, 2.75) is 0 Å². The fourth-order valence-electron chi connectivity index (χ4n) is 0.525. The van der Waals surface area contributed by atoms with Crippen LogP contribution in [0.25, 0.3) is 0 Å². The predicted octanol–water partition coefficient (Wildman–Crippen LogP) is 2.77. The monoisotopic (exact) mass is 389 g/mol. The summed E-state index contributed by atoms with van der Waals surface area (Å²) in [6.07, 6.45) is 0. The molecule has 0 aliphatic heterocycles. The van der Waals surface area contributed by atoms with Gasteiger partial charge in [0.2, 0.25) is 0 Å². The van der Waals surface area contributed by atoms with Gasteiger partial charge in [-0.15, -0.1) is 5.10 Å². The van der Waals surface area contributed by atoms with E-state index in [1.54, 1.807) is 0 Å². The average Bonchev–Trinajstić information content (AvgIpc) is 2.34. The molecule has 13 heavy (non-hydrogen) atoms. The van der Waals surface area contributed by atoms with Gasteiger partial charge in [0.25, 0.3) is 0 Å². The van der Waals surface area contributed by atoms with Crippen molar-refractivity contribution < 1.29 is 4.84 Å². The van der Waals surface area contributed by atoms with Crippen LogP contribution in [0.15, 0.2) is 13.7 Å². The van der Waals surface area contributed by atoms with Gasteiger partial charge in [0.15, 0.2) is 10.5 Å². The molecule has 0 radical (unpaired) electrons. The first kappa shape index (κ1) is 11.4. The van der Waals surface area contributed by atoms with E-state index >= 15 is 0 Å². The quantitative estimate of drug-likeness (QED) is 0.451. The Labute approximate surface area is 104 Å². The number of rotatable bonds is 3. The van der Waals surface area contributed by atoms with E-state index in [0.717, 1.165) is 16.2 Å². The number of thioether (sulfide) groups is 1. The summed E-state index contributed by atoms with van der Waals surface area (Å²) in [4.78, 5) is 6.41. The van der Waals surface area contributed by atoms with E-state index in [4.69, 9.17) is 10.1 Å². The summed E-state index contributed by atoms with van der Waals surface area (Å²) in [5.74, 6) is 0.232. The highest BCUT2D eigenvalue weighted by Crippen LogP contribution is 2.29. The van der Waals surface area contributed by atoms with Gasteiger partial charge < -0.3 is 4.84 Å². The number of hydrogen-bond donors (Lipinski definition) is 0. The van der Waals surface area contributed by atoms with E-state index in [1.807, 2.05) is 5.40 Å². The zero-order chi connectivity index (χ0) is 9.84. The van der Waals surface area contributed by atoms with Gasteiger partial charge in [0.1, 0.15) is 10.0 Å². The maximum absolute atomic E-state index is 8.25. The largest absolute Gasteiger partial charge is 0.384 e. The molecule has 1 rings (SSSR count). The molecule has 1 heterocycles. The molecular weight excluding hydrogens is 390 g/mol. The predicted molar refractivity (Wildman–Crippen MR) is 60.0 cm³/mol. The van der Waals surface area contributed by atoms with Crippen LogP contribution in [0.1, 0.15) is 0 Å². The van der Waals surface area contributed by atoms with Gasteiger partial charge in [-0.05, 0) is 59.6 Å². The Balaban J connectivity index is 2.68. The Morgan fingerprint density at radius 2 is 2.23 bits per heavy atom. The Bertz CT molecular complexity index is 348. The molecule has 0 N–H and O–H groups in total. The third-order valence-electron chi connectivity index (χ3n) is 1.01. The number of halogens is 3. The van der Waals surface area contributed by atoms with Gasteiger partial charge in [0.05, 0.1) is 4.47 Å². The van der Waals surface area contributed by atoms with Crippen LogP contribution >= 0.6 is 59.6 Å². The number of aromatic nitrogens is 2. The van der Waals surface area contributed by atoms with Crippen LogP contribution in [0, 0.1) is 10.7 Å². The lowest BCUT2D eigenvalue weighted by molar-refractivity contribution is 0.115. The molecule has 0 amide bonds. The van der Waals surface area contributed by atoms with Gasteiger partial charge in [0, 0.05) is 0 Å². The first-order chi connectivity index (χ1) is 6.16. The molecule has 4 nitrogen and oxygen atoms in total. The minimum Gasteiger partial charge on any atom is -0.384 e. The lowest BCUT2D eigenvalue weighted by atomic mass is 10.8. The van der Waals surface area contributed by atoms with Crippen molar-refractivity contribution in [3.8, 4) is 5.40 Å². The summed E-state index contributed by atoms with van der Waals surface area (Å²) >= 11 is 10.8. The maximum atomic E-state index is 8.25. The third kappa shape index (κ3) is 2.87. The topological polar surface area (TPSA) is 50.8 Å². The molecule has 0 unspecified atom stereocenters. The lowest BCUT2D eigenvalue weighted by Gasteiger charge is -2.01. The first-order valence-corrected chi connectivity index (χ1v) is 6.27. The molecule has 0 fully saturated rings. The molecule has 0 saturated carbocycles. The Hall–Kier alpha value is 0.290. The molecule has 1 aromatic rings. The maximum Gasteiger partial charge on any atom is 0.176 e. The average molecular weight is 392 g/mol. The van der Waals surface area contributed by atoms with Crippen LogP contribution < -0.4 is 4.84 Å². The second kappa shape index (κ2) is 5.24. The molecule has 0 saturated heterocycles. The van der Waals surface area contributed by atoms with E-state index < -0.39 is 0 Å². The highest BCUT2D eigenvalue weighted by atomic mass is 79.9.